The number of anilines is 2. The van der Waals surface area contributed by atoms with Crippen molar-refractivity contribution in [3.63, 3.8) is 0 Å². The third kappa shape index (κ3) is 7.39. The molecule has 0 saturated carbocycles. The van der Waals surface area contributed by atoms with E-state index in [1.165, 1.54) is 19.1 Å². The molecule has 1 aromatic carbocycles. The number of piperazine rings is 1. The van der Waals surface area contributed by atoms with Crippen LogP contribution in [0.1, 0.15) is 39.7 Å². The van der Waals surface area contributed by atoms with Crippen LogP contribution in [-0.4, -0.2) is 48.8 Å². The van der Waals surface area contributed by atoms with Crippen LogP contribution in [0.2, 0.25) is 0 Å². The Kier molecular flexibility index (Phi) is 10.9. The molecule has 1 saturated heterocycles. The summed E-state index contributed by atoms with van der Waals surface area (Å²) in [6, 6.07) is 10.1. The Labute approximate surface area is 189 Å². The highest BCUT2D eigenvalue weighted by atomic mass is 19.1. The molecule has 1 aliphatic rings. The van der Waals surface area contributed by atoms with E-state index >= 15 is 0 Å². The van der Waals surface area contributed by atoms with Crippen molar-refractivity contribution in [1.82, 2.24) is 10.3 Å². The highest BCUT2D eigenvalue weighted by Crippen LogP contribution is 2.28. The van der Waals surface area contributed by atoms with Crippen molar-refractivity contribution in [3.8, 4) is 0 Å². The quantitative estimate of drug-likeness (QED) is 0.688. The van der Waals surface area contributed by atoms with E-state index in [0.29, 0.717) is 12.2 Å². The fraction of sp³-hybridized carbons (Fsp3) is 0.458. The van der Waals surface area contributed by atoms with Crippen molar-refractivity contribution in [2.45, 2.75) is 40.7 Å². The number of halogens is 1. The first-order chi connectivity index (χ1) is 14.8. The minimum Gasteiger partial charge on any atom is -0.412 e. The highest BCUT2D eigenvalue weighted by molar-refractivity contribution is 5.97. The molecule has 176 valence electrons. The second-order valence-corrected chi connectivity index (χ2v) is 8.10. The van der Waals surface area contributed by atoms with Gasteiger partial charge in [-0.1, -0.05) is 26.8 Å². The highest BCUT2D eigenvalue weighted by Gasteiger charge is 2.31. The predicted octanol–water partition coefficient (Wildman–Crippen LogP) is 2.98. The van der Waals surface area contributed by atoms with Gasteiger partial charge in [0.1, 0.15) is 17.9 Å². The van der Waals surface area contributed by atoms with E-state index in [9.17, 15) is 9.18 Å². The fourth-order valence-electron chi connectivity index (χ4n) is 3.19. The van der Waals surface area contributed by atoms with Crippen LogP contribution in [0.5, 0.6) is 0 Å². The van der Waals surface area contributed by atoms with Crippen LogP contribution < -0.4 is 15.1 Å². The van der Waals surface area contributed by atoms with Gasteiger partial charge in [0.2, 0.25) is 5.91 Å². The van der Waals surface area contributed by atoms with Crippen LogP contribution >= 0.6 is 0 Å². The first kappa shape index (κ1) is 27.2. The van der Waals surface area contributed by atoms with Crippen molar-refractivity contribution in [2.24, 2.45) is 5.41 Å². The Balaban J connectivity index is 0.00000121. The van der Waals surface area contributed by atoms with Crippen molar-refractivity contribution in [1.29, 1.82) is 0 Å². The first-order valence-electron chi connectivity index (χ1n) is 10.7. The number of hydrogen-bond donors (Lipinski definition) is 1. The molecule has 3 N–H and O–H groups in total. The minimum atomic E-state index is -0.497. The topological polar surface area (TPSA) is 97.0 Å². The van der Waals surface area contributed by atoms with Crippen LogP contribution in [0.25, 0.3) is 0 Å². The normalized spacial score (nSPS) is 13.3. The second-order valence-electron chi connectivity index (χ2n) is 8.10. The van der Waals surface area contributed by atoms with Crippen LogP contribution in [0, 0.1) is 11.2 Å². The molecule has 0 aliphatic carbocycles. The Morgan fingerprint density at radius 1 is 1.19 bits per heavy atom. The SMILES string of the molecule is CC=O.CCC(C)(C)C(=O)N(Cc1ccc(N2CCNCC2)nc1)c1ccc(F)cc1.O. The molecule has 1 amide bonds. The van der Waals surface area contributed by atoms with E-state index in [-0.39, 0.29) is 17.2 Å². The summed E-state index contributed by atoms with van der Waals surface area (Å²) in [6.07, 6.45) is 3.31. The summed E-state index contributed by atoms with van der Waals surface area (Å²) in [5.41, 5.74) is 1.14. The largest absolute Gasteiger partial charge is 0.412 e. The molecule has 0 atom stereocenters. The van der Waals surface area contributed by atoms with Gasteiger partial charge in [-0.15, -0.1) is 0 Å². The van der Waals surface area contributed by atoms with Crippen molar-refractivity contribution in [3.05, 3.63) is 54.0 Å². The van der Waals surface area contributed by atoms with Gasteiger partial charge in [0.25, 0.3) is 0 Å². The lowest BCUT2D eigenvalue weighted by molar-refractivity contribution is -0.126. The zero-order valence-electron chi connectivity index (χ0n) is 19.4. The molecule has 0 unspecified atom stereocenters. The van der Waals surface area contributed by atoms with Gasteiger partial charge in [0, 0.05) is 43.5 Å². The number of carbonyl (C=O) groups excluding carboxylic acids is 2. The summed E-state index contributed by atoms with van der Waals surface area (Å²) in [6.45, 7) is 11.5. The number of aromatic nitrogens is 1. The molecule has 32 heavy (non-hydrogen) atoms. The molecule has 2 aromatic rings. The first-order valence-corrected chi connectivity index (χ1v) is 10.7. The molecule has 2 heterocycles. The number of nitrogens with one attached hydrogen (secondary N) is 1. The van der Waals surface area contributed by atoms with Crippen molar-refractivity contribution >= 4 is 23.7 Å². The summed E-state index contributed by atoms with van der Waals surface area (Å²) in [4.78, 5) is 30.6. The van der Waals surface area contributed by atoms with E-state index in [1.807, 2.05) is 39.1 Å². The maximum atomic E-state index is 13.4. The van der Waals surface area contributed by atoms with E-state index in [1.54, 1.807) is 17.0 Å². The molecule has 7 nitrogen and oxygen atoms in total. The summed E-state index contributed by atoms with van der Waals surface area (Å²) in [5, 5.41) is 3.34. The van der Waals surface area contributed by atoms with Gasteiger partial charge in [0.15, 0.2) is 0 Å². The molecule has 1 fully saturated rings. The molecular formula is C24H35FN4O3. The van der Waals surface area contributed by atoms with Gasteiger partial charge < -0.3 is 25.4 Å². The Bertz CT molecular complexity index is 835. The van der Waals surface area contributed by atoms with Crippen LogP contribution in [0.15, 0.2) is 42.6 Å². The van der Waals surface area contributed by atoms with E-state index in [0.717, 1.165) is 50.3 Å². The number of benzene rings is 1. The summed E-state index contributed by atoms with van der Waals surface area (Å²) >= 11 is 0. The van der Waals surface area contributed by atoms with E-state index in [4.69, 9.17) is 4.79 Å². The lowest BCUT2D eigenvalue weighted by Gasteiger charge is -2.32. The van der Waals surface area contributed by atoms with E-state index in [2.05, 4.69) is 15.2 Å². The Hall–Kier alpha value is -2.84. The van der Waals surface area contributed by atoms with Crippen molar-refractivity contribution in [2.75, 3.05) is 36.0 Å². The maximum Gasteiger partial charge on any atom is 0.232 e. The number of nitrogens with zero attached hydrogens (tertiary/aromatic N) is 3. The average Bonchev–Trinajstić information content (AvgIpc) is 2.79. The standard InChI is InChI=1S/C22H29FN4O.C2H4O.H2O/c1-4-22(2,3)21(28)27(19-8-6-18(23)7-9-19)16-17-5-10-20(25-15-17)26-13-11-24-12-14-26;1-2-3;/h5-10,15,24H,4,11-14,16H2,1-3H3;2H,1H3;1H2. The lowest BCUT2D eigenvalue weighted by atomic mass is 9.88. The third-order valence-corrected chi connectivity index (χ3v) is 5.44. The lowest BCUT2D eigenvalue weighted by Crippen LogP contribution is -2.43. The monoisotopic (exact) mass is 446 g/mol. The molecular weight excluding hydrogens is 411 g/mol. The predicted molar refractivity (Wildman–Crippen MR) is 126 cm³/mol. The smallest absolute Gasteiger partial charge is 0.232 e. The molecule has 0 spiro atoms. The average molecular weight is 447 g/mol. The van der Waals surface area contributed by atoms with Gasteiger partial charge in [0.05, 0.1) is 6.54 Å². The molecule has 3 rings (SSSR count). The van der Waals surface area contributed by atoms with Gasteiger partial charge in [-0.3, -0.25) is 4.79 Å². The molecule has 8 heteroatoms. The van der Waals surface area contributed by atoms with Crippen molar-refractivity contribution < 1.29 is 19.5 Å². The minimum absolute atomic E-state index is 0. The number of carbonyl (C=O) groups is 2. The van der Waals surface area contributed by atoms with Crippen LogP contribution in [-0.2, 0) is 16.1 Å². The van der Waals surface area contributed by atoms with Gasteiger partial charge in [-0.05, 0) is 49.2 Å². The molecule has 0 radical (unpaired) electrons. The second kappa shape index (κ2) is 12.9. The number of amides is 1. The Morgan fingerprint density at radius 2 is 1.78 bits per heavy atom. The number of pyridine rings is 1. The Morgan fingerprint density at radius 3 is 2.28 bits per heavy atom. The van der Waals surface area contributed by atoms with Gasteiger partial charge in [-0.25, -0.2) is 9.37 Å². The number of hydrogen-bond acceptors (Lipinski definition) is 5. The van der Waals surface area contributed by atoms with Gasteiger partial charge >= 0.3 is 0 Å². The molecule has 1 aromatic heterocycles. The van der Waals surface area contributed by atoms with E-state index < -0.39 is 5.41 Å². The van der Waals surface area contributed by atoms with Crippen LogP contribution in [0.3, 0.4) is 0 Å². The third-order valence-electron chi connectivity index (χ3n) is 5.44. The summed E-state index contributed by atoms with van der Waals surface area (Å²) < 4.78 is 13.4. The zero-order chi connectivity index (χ0) is 22.9. The molecule has 1 aliphatic heterocycles. The number of aldehydes is 1. The van der Waals surface area contributed by atoms with Gasteiger partial charge in [-0.2, -0.15) is 0 Å². The number of rotatable bonds is 6. The molecule has 0 bridgehead atoms. The van der Waals surface area contributed by atoms with Crippen LogP contribution in [0.4, 0.5) is 15.9 Å². The maximum absolute atomic E-state index is 13.4. The summed E-state index contributed by atoms with van der Waals surface area (Å²) in [7, 11) is 0. The zero-order valence-corrected chi connectivity index (χ0v) is 19.4. The summed E-state index contributed by atoms with van der Waals surface area (Å²) in [5.74, 6) is 0.666. The fourth-order valence-corrected chi connectivity index (χ4v) is 3.19.